The van der Waals surface area contributed by atoms with Crippen LogP contribution in [0.3, 0.4) is 0 Å². The second-order valence-electron chi connectivity index (χ2n) is 3.56. The number of carbonyl (C=O) groups excluding carboxylic acids is 1. The molecule has 0 saturated heterocycles. The maximum Gasteiger partial charge on any atom is 0.310 e. The average molecular weight is 222 g/mol. The van der Waals surface area contributed by atoms with Crippen LogP contribution < -0.4 is 0 Å². The second kappa shape index (κ2) is 7.01. The summed E-state index contributed by atoms with van der Waals surface area (Å²) in [5.74, 6) is -0.207. The molecule has 0 fully saturated rings. The minimum Gasteiger partial charge on any atom is -0.463 e. The number of methoxy groups -OCH3 is 1. The predicted molar refractivity (Wildman–Crippen MR) is 62.4 cm³/mol. The summed E-state index contributed by atoms with van der Waals surface area (Å²) in [6, 6.07) is 8.02. The lowest BCUT2D eigenvalue weighted by molar-refractivity contribution is -0.144. The molecule has 0 amide bonds. The summed E-state index contributed by atoms with van der Waals surface area (Å²) in [7, 11) is 1.58. The van der Waals surface area contributed by atoms with Gasteiger partial charge in [-0.25, -0.2) is 0 Å². The Labute approximate surface area is 96.4 Å². The van der Waals surface area contributed by atoms with Crippen molar-refractivity contribution in [3.8, 4) is 0 Å². The molecule has 0 aliphatic carbocycles. The molecule has 0 unspecified atom stereocenters. The third-order valence-electron chi connectivity index (χ3n) is 2.33. The molecule has 1 aromatic rings. The summed E-state index contributed by atoms with van der Waals surface area (Å²) in [4.78, 5) is 11.4. The molecule has 16 heavy (non-hydrogen) atoms. The largest absolute Gasteiger partial charge is 0.463 e. The Balaban J connectivity index is 2.37. The molecule has 0 saturated carbocycles. The highest BCUT2D eigenvalue weighted by atomic mass is 16.6. The number of rotatable bonds is 6. The zero-order valence-corrected chi connectivity index (χ0v) is 9.86. The molecule has 0 aliphatic rings. The molecule has 0 aliphatic heterocycles. The molecule has 0 atom stereocenters. The molecular weight excluding hydrogens is 204 g/mol. The summed E-state index contributed by atoms with van der Waals surface area (Å²) in [5.41, 5.74) is 2.26. The van der Waals surface area contributed by atoms with Crippen LogP contribution in [0.2, 0.25) is 0 Å². The fourth-order valence-corrected chi connectivity index (χ4v) is 1.35. The lowest BCUT2D eigenvalue weighted by Crippen LogP contribution is -2.11. The van der Waals surface area contributed by atoms with Crippen LogP contribution in [0.5, 0.6) is 0 Å². The van der Waals surface area contributed by atoms with Crippen molar-refractivity contribution in [3.63, 3.8) is 0 Å². The molecule has 0 radical (unpaired) electrons. The maximum atomic E-state index is 11.4. The van der Waals surface area contributed by atoms with Gasteiger partial charge < -0.3 is 9.47 Å². The van der Waals surface area contributed by atoms with E-state index in [1.165, 1.54) is 5.56 Å². The van der Waals surface area contributed by atoms with Crippen molar-refractivity contribution >= 4 is 5.97 Å². The summed E-state index contributed by atoms with van der Waals surface area (Å²) in [6.07, 6.45) is 1.34. The highest BCUT2D eigenvalue weighted by molar-refractivity contribution is 5.72. The second-order valence-corrected chi connectivity index (χ2v) is 3.56. The normalized spacial score (nSPS) is 10.1. The molecule has 3 heteroatoms. The Kier molecular flexibility index (Phi) is 5.57. The molecule has 88 valence electrons. The van der Waals surface area contributed by atoms with Crippen molar-refractivity contribution in [1.82, 2.24) is 0 Å². The van der Waals surface area contributed by atoms with E-state index in [0.717, 1.165) is 12.0 Å². The fraction of sp³-hybridized carbons (Fsp3) is 0.462. The molecule has 0 N–H and O–H groups in total. The van der Waals surface area contributed by atoms with E-state index in [4.69, 9.17) is 9.47 Å². The van der Waals surface area contributed by atoms with Gasteiger partial charge in [-0.1, -0.05) is 31.2 Å². The molecule has 1 rings (SSSR count). The van der Waals surface area contributed by atoms with Crippen molar-refractivity contribution in [3.05, 3.63) is 35.4 Å². The first-order valence-corrected chi connectivity index (χ1v) is 5.48. The Morgan fingerprint density at radius 2 is 1.75 bits per heavy atom. The molecule has 3 nitrogen and oxygen atoms in total. The van der Waals surface area contributed by atoms with Gasteiger partial charge in [0.2, 0.25) is 0 Å². The van der Waals surface area contributed by atoms with Gasteiger partial charge in [0.1, 0.15) is 6.61 Å². The molecule has 0 spiro atoms. The third kappa shape index (κ3) is 4.45. The number of aryl methyl sites for hydroxylation is 1. The van der Waals surface area contributed by atoms with E-state index in [1.807, 2.05) is 24.3 Å². The van der Waals surface area contributed by atoms with Crippen LogP contribution >= 0.6 is 0 Å². The van der Waals surface area contributed by atoms with Gasteiger partial charge in [-0.2, -0.15) is 0 Å². The molecule has 0 heterocycles. The van der Waals surface area contributed by atoms with Crippen molar-refractivity contribution < 1.29 is 14.3 Å². The number of esters is 1. The summed E-state index contributed by atoms with van der Waals surface area (Å²) in [5, 5.41) is 0. The van der Waals surface area contributed by atoms with Crippen molar-refractivity contribution in [1.29, 1.82) is 0 Å². The van der Waals surface area contributed by atoms with E-state index in [9.17, 15) is 4.79 Å². The highest BCUT2D eigenvalue weighted by Gasteiger charge is 2.04. The van der Waals surface area contributed by atoms with Crippen LogP contribution in [-0.2, 0) is 27.1 Å². The van der Waals surface area contributed by atoms with Crippen molar-refractivity contribution in [2.24, 2.45) is 0 Å². The van der Waals surface area contributed by atoms with Gasteiger partial charge in [0.05, 0.1) is 13.0 Å². The monoisotopic (exact) mass is 222 g/mol. The SMILES string of the molecule is CCc1ccc(CC(=O)OCCOC)cc1. The lowest BCUT2D eigenvalue weighted by atomic mass is 10.1. The zero-order chi connectivity index (χ0) is 11.8. The van der Waals surface area contributed by atoms with Gasteiger partial charge >= 0.3 is 5.97 Å². The van der Waals surface area contributed by atoms with Gasteiger partial charge in [-0.05, 0) is 17.5 Å². The maximum absolute atomic E-state index is 11.4. The van der Waals surface area contributed by atoms with Crippen LogP contribution in [0.25, 0.3) is 0 Å². The number of ether oxygens (including phenoxy) is 2. The molecule has 0 bridgehead atoms. The minimum absolute atomic E-state index is 0.207. The lowest BCUT2D eigenvalue weighted by Gasteiger charge is -2.04. The quantitative estimate of drug-likeness (QED) is 0.545. The average Bonchev–Trinajstić information content (AvgIpc) is 2.30. The molecular formula is C13H18O3. The van der Waals surface area contributed by atoms with Crippen LogP contribution in [0.4, 0.5) is 0 Å². The number of hydrogen-bond acceptors (Lipinski definition) is 3. The van der Waals surface area contributed by atoms with Crippen LogP contribution in [-0.4, -0.2) is 26.3 Å². The highest BCUT2D eigenvalue weighted by Crippen LogP contribution is 2.06. The van der Waals surface area contributed by atoms with Crippen molar-refractivity contribution in [2.45, 2.75) is 19.8 Å². The number of carbonyl (C=O) groups is 1. The summed E-state index contributed by atoms with van der Waals surface area (Å²) < 4.78 is 9.77. The van der Waals surface area contributed by atoms with E-state index in [0.29, 0.717) is 19.6 Å². The third-order valence-corrected chi connectivity index (χ3v) is 2.33. The van der Waals surface area contributed by atoms with E-state index in [2.05, 4.69) is 6.92 Å². The van der Waals surface area contributed by atoms with Crippen LogP contribution in [0.1, 0.15) is 18.1 Å². The number of hydrogen-bond donors (Lipinski definition) is 0. The van der Waals surface area contributed by atoms with Crippen LogP contribution in [0, 0.1) is 0 Å². The Morgan fingerprint density at radius 3 is 2.31 bits per heavy atom. The van der Waals surface area contributed by atoms with Gasteiger partial charge in [0, 0.05) is 7.11 Å². The summed E-state index contributed by atoms with van der Waals surface area (Å²) in [6.45, 7) is 2.87. The predicted octanol–water partition coefficient (Wildman–Crippen LogP) is 1.98. The van der Waals surface area contributed by atoms with E-state index in [-0.39, 0.29) is 5.97 Å². The van der Waals surface area contributed by atoms with Crippen LogP contribution in [0.15, 0.2) is 24.3 Å². The van der Waals surface area contributed by atoms with E-state index in [1.54, 1.807) is 7.11 Å². The zero-order valence-electron chi connectivity index (χ0n) is 9.86. The molecule has 0 aromatic heterocycles. The van der Waals surface area contributed by atoms with Gasteiger partial charge in [-0.15, -0.1) is 0 Å². The van der Waals surface area contributed by atoms with Gasteiger partial charge in [-0.3, -0.25) is 4.79 Å². The first-order valence-electron chi connectivity index (χ1n) is 5.48. The van der Waals surface area contributed by atoms with E-state index >= 15 is 0 Å². The number of benzene rings is 1. The summed E-state index contributed by atoms with van der Waals surface area (Å²) >= 11 is 0. The standard InChI is InChI=1S/C13H18O3/c1-3-11-4-6-12(7-5-11)10-13(14)16-9-8-15-2/h4-7H,3,8-10H2,1-2H3. The Morgan fingerprint density at radius 1 is 1.12 bits per heavy atom. The first-order chi connectivity index (χ1) is 7.76. The smallest absolute Gasteiger partial charge is 0.310 e. The fourth-order valence-electron chi connectivity index (χ4n) is 1.35. The van der Waals surface area contributed by atoms with E-state index < -0.39 is 0 Å². The first kappa shape index (κ1) is 12.7. The Bertz CT molecular complexity index is 316. The molecule has 1 aromatic carbocycles. The Hall–Kier alpha value is -1.35. The topological polar surface area (TPSA) is 35.5 Å². The van der Waals surface area contributed by atoms with Crippen molar-refractivity contribution in [2.75, 3.05) is 20.3 Å². The minimum atomic E-state index is -0.207. The van der Waals surface area contributed by atoms with Gasteiger partial charge in [0.25, 0.3) is 0 Å². The van der Waals surface area contributed by atoms with Gasteiger partial charge in [0.15, 0.2) is 0 Å².